The van der Waals surface area contributed by atoms with Gasteiger partial charge in [0.25, 0.3) is 0 Å². The fourth-order valence-corrected chi connectivity index (χ4v) is 1.59. The number of nitrogens with one attached hydrogen (secondary N) is 3. The number of rotatable bonds is 7. The molecule has 0 aliphatic rings. The number of aliphatic carboxylic acids is 1. The maximum absolute atomic E-state index is 11.6. The van der Waals surface area contributed by atoms with Crippen LogP contribution in [0.25, 0.3) is 0 Å². The molecular formula is C13H25N3O4. The van der Waals surface area contributed by atoms with Crippen molar-refractivity contribution in [3.05, 3.63) is 0 Å². The lowest BCUT2D eigenvalue weighted by Gasteiger charge is -2.23. The standard InChI is InChI=1S/C13H25N3O4/c1-8(2)9(10(17)18)6-15-12(20)16-7-13(3,4)11(19)14-5/h8-9H,6-7H2,1-5H3,(H,14,19)(H,17,18)(H2,15,16,20). The predicted octanol–water partition coefficient (Wildman–Crippen LogP) is 0.415. The molecule has 7 heteroatoms. The Balaban J connectivity index is 4.25. The highest BCUT2D eigenvalue weighted by Gasteiger charge is 2.27. The van der Waals surface area contributed by atoms with Crippen LogP contribution < -0.4 is 16.0 Å². The Kier molecular flexibility index (Phi) is 7.02. The Morgan fingerprint density at radius 2 is 1.70 bits per heavy atom. The quantitative estimate of drug-likeness (QED) is 0.544. The molecule has 0 spiro atoms. The number of urea groups is 1. The van der Waals surface area contributed by atoms with Crippen molar-refractivity contribution in [2.75, 3.05) is 20.1 Å². The Bertz CT molecular complexity index is 367. The molecule has 0 aliphatic heterocycles. The molecule has 3 amide bonds. The highest BCUT2D eigenvalue weighted by Crippen LogP contribution is 2.13. The second-order valence-corrected chi connectivity index (χ2v) is 5.72. The van der Waals surface area contributed by atoms with Crippen LogP contribution in [0.1, 0.15) is 27.7 Å². The molecule has 20 heavy (non-hydrogen) atoms. The van der Waals surface area contributed by atoms with Crippen LogP contribution in [0.3, 0.4) is 0 Å². The molecule has 0 heterocycles. The Morgan fingerprint density at radius 1 is 1.15 bits per heavy atom. The van der Waals surface area contributed by atoms with Crippen LogP contribution in [0.4, 0.5) is 4.79 Å². The Morgan fingerprint density at radius 3 is 2.10 bits per heavy atom. The molecule has 0 saturated heterocycles. The fraction of sp³-hybridized carbons (Fsp3) is 0.769. The van der Waals surface area contributed by atoms with Gasteiger partial charge in [-0.2, -0.15) is 0 Å². The molecular weight excluding hydrogens is 262 g/mol. The molecule has 4 N–H and O–H groups in total. The SMILES string of the molecule is CNC(=O)C(C)(C)CNC(=O)NCC(C(=O)O)C(C)C. The van der Waals surface area contributed by atoms with Gasteiger partial charge in [-0.05, 0) is 19.8 Å². The van der Waals surface area contributed by atoms with Crippen molar-refractivity contribution in [2.45, 2.75) is 27.7 Å². The van der Waals surface area contributed by atoms with Gasteiger partial charge in [-0.15, -0.1) is 0 Å². The molecule has 1 atom stereocenters. The lowest BCUT2D eigenvalue weighted by molar-refractivity contribution is -0.143. The third kappa shape index (κ3) is 5.90. The van der Waals surface area contributed by atoms with E-state index in [1.54, 1.807) is 27.7 Å². The average Bonchev–Trinajstić information content (AvgIpc) is 2.34. The van der Waals surface area contributed by atoms with E-state index in [2.05, 4.69) is 16.0 Å². The maximum Gasteiger partial charge on any atom is 0.314 e. The van der Waals surface area contributed by atoms with Crippen molar-refractivity contribution in [1.82, 2.24) is 16.0 Å². The zero-order chi connectivity index (χ0) is 15.9. The van der Waals surface area contributed by atoms with E-state index in [0.29, 0.717) is 0 Å². The first-order valence-corrected chi connectivity index (χ1v) is 6.58. The normalized spacial score (nSPS) is 12.7. The van der Waals surface area contributed by atoms with E-state index in [4.69, 9.17) is 5.11 Å². The first-order chi connectivity index (χ1) is 9.11. The zero-order valence-corrected chi connectivity index (χ0v) is 12.7. The number of amides is 3. The van der Waals surface area contributed by atoms with Crippen molar-refractivity contribution in [3.63, 3.8) is 0 Å². The summed E-state index contributed by atoms with van der Waals surface area (Å²) < 4.78 is 0. The first kappa shape index (κ1) is 18.2. The van der Waals surface area contributed by atoms with Gasteiger partial charge in [0.2, 0.25) is 5.91 Å². The van der Waals surface area contributed by atoms with E-state index in [9.17, 15) is 14.4 Å². The summed E-state index contributed by atoms with van der Waals surface area (Å²) in [5.74, 6) is -1.82. The van der Waals surface area contributed by atoms with Crippen LogP contribution in [-0.4, -0.2) is 43.2 Å². The Labute approximate surface area is 119 Å². The van der Waals surface area contributed by atoms with Gasteiger partial charge in [-0.1, -0.05) is 13.8 Å². The summed E-state index contributed by atoms with van der Waals surface area (Å²) in [4.78, 5) is 34.1. The number of hydrogen-bond acceptors (Lipinski definition) is 3. The van der Waals surface area contributed by atoms with Gasteiger partial charge in [0.1, 0.15) is 0 Å². The highest BCUT2D eigenvalue weighted by atomic mass is 16.4. The van der Waals surface area contributed by atoms with Crippen LogP contribution in [0.5, 0.6) is 0 Å². The molecule has 0 aromatic rings. The molecule has 0 aliphatic carbocycles. The minimum Gasteiger partial charge on any atom is -0.481 e. The smallest absolute Gasteiger partial charge is 0.314 e. The van der Waals surface area contributed by atoms with E-state index in [1.165, 1.54) is 7.05 Å². The van der Waals surface area contributed by atoms with Gasteiger partial charge >= 0.3 is 12.0 Å². The average molecular weight is 287 g/mol. The van der Waals surface area contributed by atoms with Crippen LogP contribution in [0, 0.1) is 17.3 Å². The van der Waals surface area contributed by atoms with Crippen LogP contribution in [0.2, 0.25) is 0 Å². The number of carbonyl (C=O) groups is 3. The second-order valence-electron chi connectivity index (χ2n) is 5.72. The van der Waals surface area contributed by atoms with E-state index >= 15 is 0 Å². The predicted molar refractivity (Wildman–Crippen MR) is 75.2 cm³/mol. The zero-order valence-electron chi connectivity index (χ0n) is 12.7. The lowest BCUT2D eigenvalue weighted by Crippen LogP contribution is -2.47. The number of carbonyl (C=O) groups excluding carboxylic acids is 2. The van der Waals surface area contributed by atoms with E-state index < -0.39 is 23.3 Å². The van der Waals surface area contributed by atoms with Crippen molar-refractivity contribution < 1.29 is 19.5 Å². The Hall–Kier alpha value is -1.79. The van der Waals surface area contributed by atoms with Gasteiger partial charge in [0.05, 0.1) is 11.3 Å². The summed E-state index contributed by atoms with van der Waals surface area (Å²) in [7, 11) is 1.53. The molecule has 0 saturated carbocycles. The topological polar surface area (TPSA) is 108 Å². The molecule has 0 rings (SSSR count). The van der Waals surface area contributed by atoms with Gasteiger partial charge in [-0.3, -0.25) is 9.59 Å². The number of carboxylic acids is 1. The van der Waals surface area contributed by atoms with E-state index in [-0.39, 0.29) is 24.9 Å². The van der Waals surface area contributed by atoms with E-state index in [1.807, 2.05) is 0 Å². The van der Waals surface area contributed by atoms with Crippen molar-refractivity contribution in [1.29, 1.82) is 0 Å². The molecule has 1 unspecified atom stereocenters. The third-order valence-electron chi connectivity index (χ3n) is 3.14. The molecule has 0 radical (unpaired) electrons. The molecule has 116 valence electrons. The van der Waals surface area contributed by atoms with Crippen LogP contribution in [-0.2, 0) is 9.59 Å². The molecule has 0 aromatic carbocycles. The van der Waals surface area contributed by atoms with Gasteiger partial charge < -0.3 is 21.1 Å². The van der Waals surface area contributed by atoms with Crippen LogP contribution >= 0.6 is 0 Å². The summed E-state index contributed by atoms with van der Waals surface area (Å²) in [6.07, 6.45) is 0. The summed E-state index contributed by atoms with van der Waals surface area (Å²) >= 11 is 0. The first-order valence-electron chi connectivity index (χ1n) is 6.58. The monoisotopic (exact) mass is 287 g/mol. The van der Waals surface area contributed by atoms with Crippen molar-refractivity contribution in [3.8, 4) is 0 Å². The fourth-order valence-electron chi connectivity index (χ4n) is 1.59. The number of hydrogen-bond donors (Lipinski definition) is 4. The van der Waals surface area contributed by atoms with Gasteiger partial charge in [0.15, 0.2) is 0 Å². The molecule has 7 nitrogen and oxygen atoms in total. The second kappa shape index (κ2) is 7.72. The van der Waals surface area contributed by atoms with Crippen molar-refractivity contribution >= 4 is 17.9 Å². The molecule has 0 bridgehead atoms. The molecule has 0 aromatic heterocycles. The van der Waals surface area contributed by atoms with Gasteiger partial charge in [0, 0.05) is 20.1 Å². The minimum atomic E-state index is -0.939. The number of carboxylic acid groups (broad SMARTS) is 1. The summed E-state index contributed by atoms with van der Waals surface area (Å²) in [5, 5.41) is 16.6. The van der Waals surface area contributed by atoms with Crippen molar-refractivity contribution in [2.24, 2.45) is 17.3 Å². The van der Waals surface area contributed by atoms with Crippen LogP contribution in [0.15, 0.2) is 0 Å². The minimum absolute atomic E-state index is 0.0548. The largest absolute Gasteiger partial charge is 0.481 e. The molecule has 0 fully saturated rings. The third-order valence-corrected chi connectivity index (χ3v) is 3.14. The highest BCUT2D eigenvalue weighted by molar-refractivity contribution is 5.83. The summed E-state index contributed by atoms with van der Waals surface area (Å²) in [6, 6.07) is -0.478. The summed E-state index contributed by atoms with van der Waals surface area (Å²) in [6.45, 7) is 7.21. The summed E-state index contributed by atoms with van der Waals surface area (Å²) in [5.41, 5.74) is -0.726. The van der Waals surface area contributed by atoms with Gasteiger partial charge in [-0.25, -0.2) is 4.79 Å². The van der Waals surface area contributed by atoms with E-state index in [0.717, 1.165) is 0 Å². The maximum atomic E-state index is 11.6. The lowest BCUT2D eigenvalue weighted by atomic mass is 9.92.